The highest BCUT2D eigenvalue weighted by atomic mass is 16.3. The number of hydrogen-bond donors (Lipinski definition) is 2. The molecule has 0 spiro atoms. The molecular formula is C14H14O2. The Bertz CT molecular complexity index is 460. The Hall–Kier alpha value is -1.80. The van der Waals surface area contributed by atoms with Gasteiger partial charge in [0, 0.05) is 6.61 Å². The maximum Gasteiger partial charge on any atom is 0.115 e. The smallest absolute Gasteiger partial charge is 0.115 e. The van der Waals surface area contributed by atoms with Gasteiger partial charge >= 0.3 is 0 Å². The summed E-state index contributed by atoms with van der Waals surface area (Å²) in [5.74, 6) is 0.267. The summed E-state index contributed by atoms with van der Waals surface area (Å²) in [6, 6.07) is 15.1. The van der Waals surface area contributed by atoms with E-state index in [1.165, 1.54) is 0 Å². The van der Waals surface area contributed by atoms with Crippen molar-refractivity contribution in [3.63, 3.8) is 0 Å². The highest BCUT2D eigenvalue weighted by molar-refractivity contribution is 5.67. The fraction of sp³-hybridized carbons (Fsp3) is 0.143. The molecule has 0 aromatic heterocycles. The lowest BCUT2D eigenvalue weighted by molar-refractivity contribution is 0.300. The van der Waals surface area contributed by atoms with Crippen LogP contribution >= 0.6 is 0 Å². The molecule has 2 aromatic rings. The fourth-order valence-electron chi connectivity index (χ4n) is 1.78. The summed E-state index contributed by atoms with van der Waals surface area (Å²) in [4.78, 5) is 0. The van der Waals surface area contributed by atoms with E-state index in [1.807, 2.05) is 36.4 Å². The van der Waals surface area contributed by atoms with Gasteiger partial charge in [-0.1, -0.05) is 36.4 Å². The molecule has 2 aromatic carbocycles. The highest BCUT2D eigenvalue weighted by Gasteiger charge is 2.03. The lowest BCUT2D eigenvalue weighted by Crippen LogP contribution is -1.93. The molecule has 0 aliphatic carbocycles. The predicted molar refractivity (Wildman–Crippen MR) is 64.3 cm³/mol. The normalized spacial score (nSPS) is 10.3. The zero-order valence-electron chi connectivity index (χ0n) is 8.93. The van der Waals surface area contributed by atoms with Crippen LogP contribution in [0.5, 0.6) is 5.75 Å². The summed E-state index contributed by atoms with van der Waals surface area (Å²) in [6.07, 6.45) is 0.650. The van der Waals surface area contributed by atoms with Gasteiger partial charge in [0.25, 0.3) is 0 Å². The maximum absolute atomic E-state index is 9.24. The minimum absolute atomic E-state index is 0.148. The first-order valence-corrected chi connectivity index (χ1v) is 5.29. The predicted octanol–water partition coefficient (Wildman–Crippen LogP) is 2.59. The molecule has 0 aliphatic heterocycles. The SMILES string of the molecule is OCCc1ccccc1-c1ccc(O)cc1. The van der Waals surface area contributed by atoms with Gasteiger partial charge in [-0.15, -0.1) is 0 Å². The fourth-order valence-corrected chi connectivity index (χ4v) is 1.78. The molecule has 0 heterocycles. The summed E-state index contributed by atoms with van der Waals surface area (Å²) in [6.45, 7) is 0.148. The van der Waals surface area contributed by atoms with Gasteiger partial charge in [0.05, 0.1) is 0 Å². The molecule has 0 fully saturated rings. The van der Waals surface area contributed by atoms with E-state index < -0.39 is 0 Å². The summed E-state index contributed by atoms with van der Waals surface area (Å²) in [5.41, 5.74) is 3.29. The molecule has 82 valence electrons. The van der Waals surface area contributed by atoms with Gasteiger partial charge in [0.15, 0.2) is 0 Å². The Kier molecular flexibility index (Phi) is 3.22. The number of phenols is 1. The van der Waals surface area contributed by atoms with Gasteiger partial charge in [-0.2, -0.15) is 0 Å². The van der Waals surface area contributed by atoms with E-state index in [9.17, 15) is 5.11 Å². The minimum Gasteiger partial charge on any atom is -0.508 e. The molecule has 2 heteroatoms. The number of hydrogen-bond acceptors (Lipinski definition) is 2. The summed E-state index contributed by atoms with van der Waals surface area (Å²) in [7, 11) is 0. The lowest BCUT2D eigenvalue weighted by atomic mass is 9.98. The van der Waals surface area contributed by atoms with E-state index in [2.05, 4.69) is 0 Å². The van der Waals surface area contributed by atoms with Crippen molar-refractivity contribution in [2.45, 2.75) is 6.42 Å². The third-order valence-electron chi connectivity index (χ3n) is 2.58. The average Bonchev–Trinajstić information content (AvgIpc) is 2.32. The van der Waals surface area contributed by atoms with Crippen LogP contribution in [0.4, 0.5) is 0 Å². The van der Waals surface area contributed by atoms with Crippen molar-refractivity contribution in [3.8, 4) is 16.9 Å². The molecule has 0 aliphatic rings. The first-order chi connectivity index (χ1) is 7.81. The molecule has 2 N–H and O–H groups in total. The molecule has 0 saturated carbocycles. The average molecular weight is 214 g/mol. The molecule has 0 atom stereocenters. The third-order valence-corrected chi connectivity index (χ3v) is 2.58. The Morgan fingerprint density at radius 2 is 1.56 bits per heavy atom. The van der Waals surface area contributed by atoms with Crippen molar-refractivity contribution < 1.29 is 10.2 Å². The van der Waals surface area contributed by atoms with E-state index >= 15 is 0 Å². The topological polar surface area (TPSA) is 40.5 Å². The summed E-state index contributed by atoms with van der Waals surface area (Å²) in [5, 5.41) is 18.2. The number of rotatable bonds is 3. The molecule has 0 radical (unpaired) electrons. The monoisotopic (exact) mass is 214 g/mol. The van der Waals surface area contributed by atoms with Crippen LogP contribution < -0.4 is 0 Å². The molecular weight excluding hydrogens is 200 g/mol. The Morgan fingerprint density at radius 3 is 2.25 bits per heavy atom. The van der Waals surface area contributed by atoms with Crippen LogP contribution in [-0.2, 0) is 6.42 Å². The van der Waals surface area contributed by atoms with Gasteiger partial charge in [0.1, 0.15) is 5.75 Å². The zero-order chi connectivity index (χ0) is 11.4. The van der Waals surface area contributed by atoms with E-state index in [0.717, 1.165) is 16.7 Å². The Balaban J connectivity index is 2.42. The summed E-state index contributed by atoms with van der Waals surface area (Å²) < 4.78 is 0. The zero-order valence-corrected chi connectivity index (χ0v) is 8.93. The number of benzene rings is 2. The third kappa shape index (κ3) is 2.23. The van der Waals surface area contributed by atoms with E-state index in [4.69, 9.17) is 5.11 Å². The molecule has 2 nitrogen and oxygen atoms in total. The van der Waals surface area contributed by atoms with E-state index in [0.29, 0.717) is 6.42 Å². The molecule has 0 amide bonds. The standard InChI is InChI=1S/C14H14O2/c15-10-9-11-3-1-2-4-14(11)12-5-7-13(16)8-6-12/h1-8,15-16H,9-10H2. The number of aromatic hydroxyl groups is 1. The van der Waals surface area contributed by atoms with E-state index in [1.54, 1.807) is 12.1 Å². The van der Waals surface area contributed by atoms with Gasteiger partial charge < -0.3 is 10.2 Å². The molecule has 0 unspecified atom stereocenters. The second kappa shape index (κ2) is 4.81. The number of aliphatic hydroxyl groups is 1. The largest absolute Gasteiger partial charge is 0.508 e. The van der Waals surface area contributed by atoms with Crippen LogP contribution in [0.2, 0.25) is 0 Å². The van der Waals surface area contributed by atoms with Gasteiger partial charge in [-0.05, 0) is 35.2 Å². The first kappa shape index (κ1) is 10.7. The maximum atomic E-state index is 9.24. The van der Waals surface area contributed by atoms with Crippen LogP contribution in [0.15, 0.2) is 48.5 Å². The number of phenolic OH excluding ortho intramolecular Hbond substituents is 1. The Morgan fingerprint density at radius 1 is 0.875 bits per heavy atom. The van der Waals surface area contributed by atoms with Crippen molar-refractivity contribution in [2.75, 3.05) is 6.61 Å². The van der Waals surface area contributed by atoms with Crippen LogP contribution in [0.25, 0.3) is 11.1 Å². The van der Waals surface area contributed by atoms with Crippen molar-refractivity contribution in [3.05, 3.63) is 54.1 Å². The first-order valence-electron chi connectivity index (χ1n) is 5.29. The second-order valence-electron chi connectivity index (χ2n) is 3.68. The van der Waals surface area contributed by atoms with Gasteiger partial charge in [-0.25, -0.2) is 0 Å². The highest BCUT2D eigenvalue weighted by Crippen LogP contribution is 2.25. The van der Waals surface area contributed by atoms with Crippen LogP contribution in [0, 0.1) is 0 Å². The minimum atomic E-state index is 0.148. The molecule has 0 bridgehead atoms. The van der Waals surface area contributed by atoms with Gasteiger partial charge in [0.2, 0.25) is 0 Å². The van der Waals surface area contributed by atoms with Crippen LogP contribution in [0.1, 0.15) is 5.56 Å². The number of aliphatic hydroxyl groups excluding tert-OH is 1. The van der Waals surface area contributed by atoms with Crippen LogP contribution in [0.3, 0.4) is 0 Å². The van der Waals surface area contributed by atoms with Crippen molar-refractivity contribution in [1.29, 1.82) is 0 Å². The van der Waals surface area contributed by atoms with Gasteiger partial charge in [-0.3, -0.25) is 0 Å². The molecule has 16 heavy (non-hydrogen) atoms. The van der Waals surface area contributed by atoms with E-state index in [-0.39, 0.29) is 12.4 Å². The summed E-state index contributed by atoms with van der Waals surface area (Å²) >= 11 is 0. The second-order valence-corrected chi connectivity index (χ2v) is 3.68. The van der Waals surface area contributed by atoms with Crippen molar-refractivity contribution in [1.82, 2.24) is 0 Å². The molecule has 0 saturated heterocycles. The lowest BCUT2D eigenvalue weighted by Gasteiger charge is -2.08. The van der Waals surface area contributed by atoms with Crippen LogP contribution in [-0.4, -0.2) is 16.8 Å². The Labute approximate surface area is 94.8 Å². The quantitative estimate of drug-likeness (QED) is 0.824. The molecule has 2 rings (SSSR count). The van der Waals surface area contributed by atoms with Crippen molar-refractivity contribution >= 4 is 0 Å². The van der Waals surface area contributed by atoms with Crippen molar-refractivity contribution in [2.24, 2.45) is 0 Å².